The summed E-state index contributed by atoms with van der Waals surface area (Å²) < 4.78 is 5.64. The molecular weight excluding hydrogens is 240 g/mol. The first-order chi connectivity index (χ1) is 9.42. The molecule has 1 N–H and O–H groups in total. The standard InChI is InChI=1S/C14H14N4O/c1-2-6-12(7-3-1)19-10-13-16-14(18-17-13)11-5-4-8-15-9-11/h2,4-9H,1,3,10H2,(H,16,17,18). The maximum atomic E-state index is 5.64. The first kappa shape index (κ1) is 11.6. The predicted molar refractivity (Wildman–Crippen MR) is 70.9 cm³/mol. The Bertz CT molecular complexity index is 601. The van der Waals surface area contributed by atoms with Crippen molar-refractivity contribution in [2.45, 2.75) is 19.4 Å². The van der Waals surface area contributed by atoms with Gasteiger partial charge in [0.2, 0.25) is 0 Å². The summed E-state index contributed by atoms with van der Waals surface area (Å²) in [5, 5.41) is 7.04. The Kier molecular flexibility index (Phi) is 3.36. The number of hydrogen-bond donors (Lipinski definition) is 1. The van der Waals surface area contributed by atoms with E-state index in [2.05, 4.69) is 32.3 Å². The molecule has 2 aromatic heterocycles. The number of aromatic nitrogens is 4. The van der Waals surface area contributed by atoms with E-state index in [9.17, 15) is 0 Å². The van der Waals surface area contributed by atoms with Gasteiger partial charge in [-0.25, -0.2) is 4.98 Å². The largest absolute Gasteiger partial charge is 0.486 e. The van der Waals surface area contributed by atoms with Gasteiger partial charge in [0.15, 0.2) is 11.6 Å². The number of nitrogens with zero attached hydrogens (tertiary/aromatic N) is 3. The van der Waals surface area contributed by atoms with Gasteiger partial charge in [-0.3, -0.25) is 10.1 Å². The van der Waals surface area contributed by atoms with Crippen LogP contribution in [0.5, 0.6) is 0 Å². The second-order valence-corrected chi connectivity index (χ2v) is 4.22. The maximum Gasteiger partial charge on any atom is 0.182 e. The lowest BCUT2D eigenvalue weighted by Gasteiger charge is -2.07. The molecular formula is C14H14N4O. The van der Waals surface area contributed by atoms with Gasteiger partial charge in [0.25, 0.3) is 0 Å². The number of ether oxygens (including phenoxy) is 1. The van der Waals surface area contributed by atoms with Crippen LogP contribution in [0.3, 0.4) is 0 Å². The summed E-state index contributed by atoms with van der Waals surface area (Å²) in [6, 6.07) is 3.78. The first-order valence-electron chi connectivity index (χ1n) is 6.23. The van der Waals surface area contributed by atoms with Gasteiger partial charge in [-0.15, -0.1) is 0 Å². The molecule has 3 rings (SSSR count). The van der Waals surface area contributed by atoms with Crippen LogP contribution in [0, 0.1) is 0 Å². The summed E-state index contributed by atoms with van der Waals surface area (Å²) in [6.07, 6.45) is 11.8. The van der Waals surface area contributed by atoms with Gasteiger partial charge in [0.05, 0.1) is 0 Å². The summed E-state index contributed by atoms with van der Waals surface area (Å²) in [4.78, 5) is 8.43. The van der Waals surface area contributed by atoms with Crippen molar-refractivity contribution in [3.63, 3.8) is 0 Å². The van der Waals surface area contributed by atoms with Crippen LogP contribution in [0.25, 0.3) is 11.4 Å². The highest BCUT2D eigenvalue weighted by Gasteiger charge is 2.07. The lowest BCUT2D eigenvalue weighted by Crippen LogP contribution is -1.96. The number of hydrogen-bond acceptors (Lipinski definition) is 4. The zero-order chi connectivity index (χ0) is 12.9. The van der Waals surface area contributed by atoms with Crippen LogP contribution in [0.15, 0.2) is 48.5 Å². The number of pyridine rings is 1. The molecule has 5 nitrogen and oxygen atoms in total. The third kappa shape index (κ3) is 2.88. The molecule has 0 bridgehead atoms. The van der Waals surface area contributed by atoms with Crippen molar-refractivity contribution < 1.29 is 4.74 Å². The minimum Gasteiger partial charge on any atom is -0.486 e. The van der Waals surface area contributed by atoms with Gasteiger partial charge in [0, 0.05) is 18.0 Å². The van der Waals surface area contributed by atoms with Crippen LogP contribution in [-0.4, -0.2) is 20.2 Å². The smallest absolute Gasteiger partial charge is 0.182 e. The molecule has 0 spiro atoms. The lowest BCUT2D eigenvalue weighted by molar-refractivity contribution is 0.202. The maximum absolute atomic E-state index is 5.64. The molecule has 0 aliphatic heterocycles. The highest BCUT2D eigenvalue weighted by atomic mass is 16.5. The second-order valence-electron chi connectivity index (χ2n) is 4.22. The van der Waals surface area contributed by atoms with Crippen LogP contribution in [0.2, 0.25) is 0 Å². The third-order valence-corrected chi connectivity index (χ3v) is 2.79. The number of H-pyrrole nitrogens is 1. The Hall–Kier alpha value is -2.43. The Labute approximate surface area is 111 Å². The molecule has 96 valence electrons. The first-order valence-corrected chi connectivity index (χ1v) is 6.23. The van der Waals surface area contributed by atoms with Crippen molar-refractivity contribution in [2.24, 2.45) is 0 Å². The van der Waals surface area contributed by atoms with Crippen molar-refractivity contribution in [3.8, 4) is 11.4 Å². The molecule has 0 fully saturated rings. The highest BCUT2D eigenvalue weighted by molar-refractivity contribution is 5.52. The van der Waals surface area contributed by atoms with E-state index < -0.39 is 0 Å². The van der Waals surface area contributed by atoms with Gasteiger partial charge in [-0.1, -0.05) is 6.08 Å². The molecule has 2 heterocycles. The summed E-state index contributed by atoms with van der Waals surface area (Å²) in [5.74, 6) is 2.24. The fourth-order valence-electron chi connectivity index (χ4n) is 1.83. The fraction of sp³-hybridized carbons (Fsp3) is 0.214. The minimum absolute atomic E-state index is 0.392. The van der Waals surface area contributed by atoms with E-state index in [0.717, 1.165) is 24.2 Å². The topological polar surface area (TPSA) is 63.7 Å². The monoisotopic (exact) mass is 254 g/mol. The van der Waals surface area contributed by atoms with Crippen molar-refractivity contribution in [1.29, 1.82) is 0 Å². The molecule has 0 amide bonds. The predicted octanol–water partition coefficient (Wildman–Crippen LogP) is 2.62. The average molecular weight is 254 g/mol. The second kappa shape index (κ2) is 5.48. The average Bonchev–Trinajstić information content (AvgIpc) is 2.96. The number of nitrogens with one attached hydrogen (secondary N) is 1. The molecule has 1 aliphatic rings. The van der Waals surface area contributed by atoms with E-state index in [-0.39, 0.29) is 0 Å². The van der Waals surface area contributed by atoms with Gasteiger partial charge in [0.1, 0.15) is 12.4 Å². The molecule has 0 atom stereocenters. The number of allylic oxidation sites excluding steroid dienone is 3. The van der Waals surface area contributed by atoms with Crippen LogP contribution in [0.4, 0.5) is 0 Å². The van der Waals surface area contributed by atoms with Crippen molar-refractivity contribution in [2.75, 3.05) is 0 Å². The molecule has 5 heteroatoms. The molecule has 0 aromatic carbocycles. The Morgan fingerprint density at radius 2 is 2.32 bits per heavy atom. The zero-order valence-electron chi connectivity index (χ0n) is 10.4. The fourth-order valence-corrected chi connectivity index (χ4v) is 1.83. The van der Waals surface area contributed by atoms with E-state index in [4.69, 9.17) is 4.74 Å². The summed E-state index contributed by atoms with van der Waals surface area (Å²) in [5.41, 5.74) is 0.891. The van der Waals surface area contributed by atoms with E-state index >= 15 is 0 Å². The molecule has 1 aliphatic carbocycles. The van der Waals surface area contributed by atoms with Crippen molar-refractivity contribution in [1.82, 2.24) is 20.2 Å². The minimum atomic E-state index is 0.392. The van der Waals surface area contributed by atoms with E-state index in [1.165, 1.54) is 0 Å². The van der Waals surface area contributed by atoms with Crippen molar-refractivity contribution in [3.05, 3.63) is 54.3 Å². The lowest BCUT2D eigenvalue weighted by atomic mass is 10.2. The Balaban J connectivity index is 1.65. The van der Waals surface area contributed by atoms with Gasteiger partial charge < -0.3 is 4.74 Å². The Morgan fingerprint density at radius 3 is 3.11 bits per heavy atom. The zero-order valence-corrected chi connectivity index (χ0v) is 10.4. The summed E-state index contributed by atoms with van der Waals surface area (Å²) in [7, 11) is 0. The Morgan fingerprint density at radius 1 is 1.32 bits per heavy atom. The van der Waals surface area contributed by atoms with Crippen LogP contribution in [-0.2, 0) is 11.3 Å². The molecule has 2 aromatic rings. The van der Waals surface area contributed by atoms with Gasteiger partial charge in [-0.05, 0) is 37.1 Å². The SMILES string of the molecule is C1=CC(OCc2nc(-c3cccnc3)n[nH]2)=CCC1. The molecule has 0 saturated carbocycles. The molecule has 0 unspecified atom stereocenters. The normalized spacial score (nSPS) is 14.2. The van der Waals surface area contributed by atoms with Crippen LogP contribution >= 0.6 is 0 Å². The van der Waals surface area contributed by atoms with Crippen molar-refractivity contribution >= 4 is 0 Å². The van der Waals surface area contributed by atoms with Gasteiger partial charge in [-0.2, -0.15) is 5.10 Å². The van der Waals surface area contributed by atoms with E-state index in [1.807, 2.05) is 18.2 Å². The number of aromatic amines is 1. The molecule has 0 radical (unpaired) electrons. The van der Waals surface area contributed by atoms with Gasteiger partial charge >= 0.3 is 0 Å². The van der Waals surface area contributed by atoms with Crippen LogP contribution in [0.1, 0.15) is 18.7 Å². The summed E-state index contributed by atoms with van der Waals surface area (Å²) >= 11 is 0. The molecule has 0 saturated heterocycles. The van der Waals surface area contributed by atoms with Crippen LogP contribution < -0.4 is 0 Å². The van der Waals surface area contributed by atoms with E-state index in [1.54, 1.807) is 12.4 Å². The molecule has 19 heavy (non-hydrogen) atoms. The quantitative estimate of drug-likeness (QED) is 0.911. The third-order valence-electron chi connectivity index (χ3n) is 2.79. The number of rotatable bonds is 4. The highest BCUT2D eigenvalue weighted by Crippen LogP contribution is 2.15. The summed E-state index contributed by atoms with van der Waals surface area (Å²) in [6.45, 7) is 0.392. The van der Waals surface area contributed by atoms with E-state index in [0.29, 0.717) is 18.3 Å².